The molecule has 0 radical (unpaired) electrons. The van der Waals surface area contributed by atoms with Crippen molar-refractivity contribution in [1.82, 2.24) is 5.32 Å². The summed E-state index contributed by atoms with van der Waals surface area (Å²) in [6.07, 6.45) is 0.419. The van der Waals surface area contributed by atoms with E-state index in [9.17, 15) is 9.90 Å². The number of carbonyl (C=O) groups is 1. The Morgan fingerprint density at radius 1 is 1.50 bits per heavy atom. The first-order valence-corrected chi connectivity index (χ1v) is 6.24. The molecule has 1 atom stereocenters. The lowest BCUT2D eigenvalue weighted by Crippen LogP contribution is -2.41. The summed E-state index contributed by atoms with van der Waals surface area (Å²) in [4.78, 5) is 10.9. The van der Waals surface area contributed by atoms with Gasteiger partial charge in [-0.05, 0) is 55.5 Å². The van der Waals surface area contributed by atoms with Crippen LogP contribution in [0.5, 0.6) is 5.75 Å². The van der Waals surface area contributed by atoms with Crippen LogP contribution in [0.15, 0.2) is 15.0 Å². The number of benzene rings is 1. The number of fused-ring (bicyclic) bond motifs is 1. The number of aliphatic carboxylic acids is 1. The van der Waals surface area contributed by atoms with Gasteiger partial charge < -0.3 is 10.2 Å². The standard InChI is InChI=1S/C10H9Br2NO3/c11-6-1-4-2-7(10(15)16)13-3-5(4)8(12)9(6)14/h1,7,13-14H,2-3H2,(H,15,16)/t7-/m1/s1. The van der Waals surface area contributed by atoms with Crippen molar-refractivity contribution in [3.8, 4) is 5.75 Å². The highest BCUT2D eigenvalue weighted by Gasteiger charge is 2.26. The van der Waals surface area contributed by atoms with Crippen molar-refractivity contribution in [1.29, 1.82) is 0 Å². The van der Waals surface area contributed by atoms with Crippen LogP contribution in [0.2, 0.25) is 0 Å². The third-order valence-electron chi connectivity index (χ3n) is 2.64. The second kappa shape index (κ2) is 4.35. The van der Waals surface area contributed by atoms with Gasteiger partial charge in [-0.2, -0.15) is 0 Å². The summed E-state index contributed by atoms with van der Waals surface area (Å²) < 4.78 is 1.19. The van der Waals surface area contributed by atoms with Crippen LogP contribution in [0.3, 0.4) is 0 Å². The predicted molar refractivity (Wildman–Crippen MR) is 65.5 cm³/mol. The summed E-state index contributed by atoms with van der Waals surface area (Å²) in [6, 6.07) is 1.21. The van der Waals surface area contributed by atoms with Crippen molar-refractivity contribution in [2.24, 2.45) is 0 Å². The molecular weight excluding hydrogens is 342 g/mol. The van der Waals surface area contributed by atoms with Crippen LogP contribution >= 0.6 is 31.9 Å². The molecule has 1 aliphatic rings. The zero-order valence-electron chi connectivity index (χ0n) is 8.13. The Morgan fingerprint density at radius 2 is 2.19 bits per heavy atom. The smallest absolute Gasteiger partial charge is 0.321 e. The molecule has 0 unspecified atom stereocenters. The van der Waals surface area contributed by atoms with Crippen LogP contribution in [-0.2, 0) is 17.8 Å². The molecule has 0 saturated heterocycles. The van der Waals surface area contributed by atoms with E-state index in [4.69, 9.17) is 5.11 Å². The number of carboxylic acid groups (broad SMARTS) is 1. The molecule has 1 aliphatic heterocycles. The molecule has 0 amide bonds. The van der Waals surface area contributed by atoms with Gasteiger partial charge in [0, 0.05) is 6.54 Å². The summed E-state index contributed by atoms with van der Waals surface area (Å²) in [7, 11) is 0. The van der Waals surface area contributed by atoms with Gasteiger partial charge in [-0.3, -0.25) is 10.1 Å². The van der Waals surface area contributed by atoms with E-state index in [2.05, 4.69) is 37.2 Å². The SMILES string of the molecule is O=C(O)[C@H]1Cc2cc(Br)c(O)c(Br)c2CN1. The average Bonchev–Trinajstić information content (AvgIpc) is 2.25. The number of hydrogen-bond acceptors (Lipinski definition) is 3. The largest absolute Gasteiger partial charge is 0.506 e. The molecule has 0 saturated carbocycles. The minimum absolute atomic E-state index is 0.148. The maximum absolute atomic E-state index is 10.9. The van der Waals surface area contributed by atoms with Gasteiger partial charge >= 0.3 is 5.97 Å². The minimum atomic E-state index is -0.856. The van der Waals surface area contributed by atoms with E-state index in [0.29, 0.717) is 21.9 Å². The molecule has 4 nitrogen and oxygen atoms in total. The Kier molecular flexibility index (Phi) is 3.23. The number of aromatic hydroxyl groups is 1. The number of phenols is 1. The highest BCUT2D eigenvalue weighted by molar-refractivity contribution is 9.11. The van der Waals surface area contributed by atoms with E-state index in [0.717, 1.165) is 11.1 Å². The molecule has 6 heteroatoms. The van der Waals surface area contributed by atoms with Gasteiger partial charge in [0.2, 0.25) is 0 Å². The maximum Gasteiger partial charge on any atom is 0.321 e. The fourth-order valence-corrected chi connectivity index (χ4v) is 3.11. The third-order valence-corrected chi connectivity index (χ3v) is 4.09. The van der Waals surface area contributed by atoms with Gasteiger partial charge in [0.05, 0.1) is 8.95 Å². The number of halogens is 2. The lowest BCUT2D eigenvalue weighted by molar-refractivity contribution is -0.139. The van der Waals surface area contributed by atoms with Crippen molar-refractivity contribution < 1.29 is 15.0 Å². The Balaban J connectivity index is 2.44. The number of phenolic OH excluding ortho intramolecular Hbond substituents is 1. The Morgan fingerprint density at radius 3 is 2.81 bits per heavy atom. The third kappa shape index (κ3) is 1.97. The van der Waals surface area contributed by atoms with Gasteiger partial charge in [0.15, 0.2) is 0 Å². The Labute approximate surface area is 109 Å². The number of rotatable bonds is 1. The second-order valence-electron chi connectivity index (χ2n) is 3.63. The monoisotopic (exact) mass is 349 g/mol. The molecule has 16 heavy (non-hydrogen) atoms. The maximum atomic E-state index is 10.9. The molecular formula is C10H9Br2NO3. The van der Waals surface area contributed by atoms with Gasteiger partial charge in [-0.15, -0.1) is 0 Å². The first-order valence-electron chi connectivity index (χ1n) is 4.65. The van der Waals surface area contributed by atoms with Crippen LogP contribution in [0.4, 0.5) is 0 Å². The Bertz CT molecular complexity index is 462. The molecule has 0 aromatic heterocycles. The van der Waals surface area contributed by atoms with Crippen LogP contribution < -0.4 is 5.32 Å². The van der Waals surface area contributed by atoms with E-state index in [-0.39, 0.29) is 5.75 Å². The van der Waals surface area contributed by atoms with Crippen molar-refractivity contribution in [3.05, 3.63) is 26.1 Å². The molecule has 0 fully saturated rings. The minimum Gasteiger partial charge on any atom is -0.506 e. The van der Waals surface area contributed by atoms with Crippen LogP contribution in [-0.4, -0.2) is 22.2 Å². The fraction of sp³-hybridized carbons (Fsp3) is 0.300. The quantitative estimate of drug-likeness (QED) is 0.724. The Hall–Kier alpha value is -0.590. The molecule has 0 aliphatic carbocycles. The van der Waals surface area contributed by atoms with Gasteiger partial charge in [0.25, 0.3) is 0 Å². The van der Waals surface area contributed by atoms with Crippen molar-refractivity contribution in [2.45, 2.75) is 19.0 Å². The zero-order chi connectivity index (χ0) is 11.9. The summed E-state index contributed by atoms with van der Waals surface area (Å²) in [6.45, 7) is 0.438. The topological polar surface area (TPSA) is 69.6 Å². The number of hydrogen-bond donors (Lipinski definition) is 3. The summed E-state index contributed by atoms with van der Waals surface area (Å²) in [5.74, 6) is -0.708. The first-order chi connectivity index (χ1) is 7.50. The summed E-state index contributed by atoms with van der Waals surface area (Å²) >= 11 is 6.54. The van der Waals surface area contributed by atoms with Crippen molar-refractivity contribution in [2.75, 3.05) is 0 Å². The average molecular weight is 351 g/mol. The zero-order valence-corrected chi connectivity index (χ0v) is 11.3. The number of nitrogens with one attached hydrogen (secondary N) is 1. The summed E-state index contributed by atoms with van der Waals surface area (Å²) in [5.41, 5.74) is 1.85. The molecule has 1 aromatic rings. The lowest BCUT2D eigenvalue weighted by Gasteiger charge is -2.24. The molecule has 1 aromatic carbocycles. The molecule has 0 spiro atoms. The van der Waals surface area contributed by atoms with E-state index < -0.39 is 12.0 Å². The van der Waals surface area contributed by atoms with Crippen LogP contribution in [0.25, 0.3) is 0 Å². The lowest BCUT2D eigenvalue weighted by atomic mass is 9.95. The fourth-order valence-electron chi connectivity index (χ4n) is 1.76. The number of carboxylic acids is 1. The van der Waals surface area contributed by atoms with Crippen molar-refractivity contribution >= 4 is 37.8 Å². The van der Waals surface area contributed by atoms with Crippen LogP contribution in [0, 0.1) is 0 Å². The van der Waals surface area contributed by atoms with Gasteiger partial charge in [-0.1, -0.05) is 0 Å². The summed E-state index contributed by atoms with van der Waals surface area (Å²) in [5, 5.41) is 21.5. The van der Waals surface area contributed by atoms with Gasteiger partial charge in [0.1, 0.15) is 11.8 Å². The van der Waals surface area contributed by atoms with E-state index >= 15 is 0 Å². The molecule has 1 heterocycles. The van der Waals surface area contributed by atoms with Gasteiger partial charge in [-0.25, -0.2) is 0 Å². The van der Waals surface area contributed by atoms with Crippen molar-refractivity contribution in [3.63, 3.8) is 0 Å². The normalized spacial score (nSPS) is 19.2. The van der Waals surface area contributed by atoms with E-state index in [1.165, 1.54) is 0 Å². The second-order valence-corrected chi connectivity index (χ2v) is 5.28. The molecule has 86 valence electrons. The van der Waals surface area contributed by atoms with E-state index in [1.54, 1.807) is 6.07 Å². The first kappa shape index (κ1) is 11.9. The molecule has 2 rings (SSSR count). The highest BCUT2D eigenvalue weighted by atomic mass is 79.9. The van der Waals surface area contributed by atoms with Crippen LogP contribution in [0.1, 0.15) is 11.1 Å². The van der Waals surface area contributed by atoms with E-state index in [1.807, 2.05) is 0 Å². The highest BCUT2D eigenvalue weighted by Crippen LogP contribution is 2.38. The predicted octanol–water partition coefficient (Wildman–Crippen LogP) is 2.02. The molecule has 3 N–H and O–H groups in total. The molecule has 0 bridgehead atoms.